The maximum Gasteiger partial charge on any atom is 0.262 e. The predicted octanol–water partition coefficient (Wildman–Crippen LogP) is 3.46. The molecule has 0 aliphatic carbocycles. The fourth-order valence-corrected chi connectivity index (χ4v) is 7.74. The Hall–Kier alpha value is -3.47. The van der Waals surface area contributed by atoms with Crippen molar-refractivity contribution in [3.05, 3.63) is 76.8 Å². The molecule has 0 spiro atoms. The number of methoxy groups -OCH3 is 1. The Morgan fingerprint density at radius 1 is 0.982 bits per heavy atom. The van der Waals surface area contributed by atoms with Gasteiger partial charge in [-0.1, -0.05) is 103 Å². The zero-order valence-electron chi connectivity index (χ0n) is 34.6. The first kappa shape index (κ1) is 47.9. The van der Waals surface area contributed by atoms with E-state index in [1.165, 1.54) is 12.3 Å². The lowest BCUT2D eigenvalue weighted by molar-refractivity contribution is -0.360. The van der Waals surface area contributed by atoms with Crippen molar-refractivity contribution in [1.29, 1.82) is 0 Å². The summed E-state index contributed by atoms with van der Waals surface area (Å²) in [4.78, 5) is 40.4. The fraction of sp³-hybridized carbons (Fsp3) is 0.651. The molecular weight excluding hydrogens is 736 g/mol. The number of hydrogen-bond acceptors (Lipinski definition) is 12. The molecule has 1 aromatic rings. The van der Waals surface area contributed by atoms with Gasteiger partial charge in [0.05, 0.1) is 30.3 Å². The lowest BCUT2D eigenvalue weighted by Gasteiger charge is -2.53. The standard InChI is InChI=1S/C43H66N2O12/c1-9-11-13-21-31-42(6,7)38(50)39(51)43(54,57-31)28(10-2)40(52)44-23-17-16-19-26(4)36(55-8)27(5)37-35(49)34(48)30(56-37)20-15-12-14-18-25(3)33(47)32-29(46)22-24-45-41(32)53/h12-17,20-22,24-28,30-31,34-39,48-51,54H,9-11,18-19,23H2,1-8H3,(H,44,52)(H2,45,46,53)/b14-12+,17-16+,20-15+,21-13+/t25?,26?,27-,28-,30-,31+,34+,35+,36-,37+,38+,39-,43-/m1/s1. The Morgan fingerprint density at radius 2 is 1.68 bits per heavy atom. The molecule has 0 bridgehead atoms. The van der Waals surface area contributed by atoms with Gasteiger partial charge in [0.15, 0.2) is 5.78 Å². The highest BCUT2D eigenvalue weighted by Crippen LogP contribution is 2.44. The molecule has 14 heteroatoms. The maximum atomic E-state index is 13.3. The fourth-order valence-electron chi connectivity index (χ4n) is 7.74. The molecule has 3 rings (SSSR count). The van der Waals surface area contributed by atoms with Crippen LogP contribution in [0.2, 0.25) is 0 Å². The molecule has 8 N–H and O–H groups in total. The van der Waals surface area contributed by atoms with Gasteiger partial charge in [0.2, 0.25) is 11.7 Å². The predicted molar refractivity (Wildman–Crippen MR) is 215 cm³/mol. The Labute approximate surface area is 336 Å². The van der Waals surface area contributed by atoms with Crippen LogP contribution in [0.1, 0.15) is 90.9 Å². The van der Waals surface area contributed by atoms with Gasteiger partial charge in [-0.05, 0) is 37.7 Å². The van der Waals surface area contributed by atoms with Gasteiger partial charge >= 0.3 is 0 Å². The van der Waals surface area contributed by atoms with E-state index in [9.17, 15) is 45.0 Å². The molecule has 0 saturated carbocycles. The lowest BCUT2D eigenvalue weighted by Crippen LogP contribution is -2.69. The van der Waals surface area contributed by atoms with Crippen molar-refractivity contribution < 1.29 is 54.4 Å². The first-order valence-electron chi connectivity index (χ1n) is 20.1. The van der Waals surface area contributed by atoms with Gasteiger partial charge in [0.25, 0.3) is 5.56 Å². The quantitative estimate of drug-likeness (QED) is 0.0539. The van der Waals surface area contributed by atoms with Crippen molar-refractivity contribution in [2.75, 3.05) is 13.7 Å². The Morgan fingerprint density at radius 3 is 2.32 bits per heavy atom. The molecule has 1 aromatic heterocycles. The number of carbonyl (C=O) groups is 2. The number of aromatic nitrogens is 1. The summed E-state index contributed by atoms with van der Waals surface area (Å²) in [6.07, 6.45) is 9.91. The van der Waals surface area contributed by atoms with E-state index in [4.69, 9.17) is 14.2 Å². The van der Waals surface area contributed by atoms with Gasteiger partial charge in [-0.15, -0.1) is 0 Å². The highest BCUT2D eigenvalue weighted by molar-refractivity contribution is 5.99. The summed E-state index contributed by atoms with van der Waals surface area (Å²) in [5, 5.41) is 68.0. The van der Waals surface area contributed by atoms with Gasteiger partial charge in [0, 0.05) is 37.1 Å². The second kappa shape index (κ2) is 21.5. The first-order chi connectivity index (χ1) is 26.9. The highest BCUT2D eigenvalue weighted by atomic mass is 16.7. The van der Waals surface area contributed by atoms with Gasteiger partial charge in [0.1, 0.15) is 35.7 Å². The monoisotopic (exact) mass is 802 g/mol. The number of allylic oxidation sites excluding steroid dienone is 5. The number of unbranched alkanes of at least 4 members (excludes halogenated alkanes) is 1. The van der Waals surface area contributed by atoms with E-state index in [0.717, 1.165) is 12.8 Å². The van der Waals surface area contributed by atoms with Crippen molar-refractivity contribution in [3.8, 4) is 5.75 Å². The number of pyridine rings is 1. The maximum absolute atomic E-state index is 13.3. The number of Topliss-reactive ketones (excluding diaryl/α,β-unsaturated/α-hetero) is 1. The summed E-state index contributed by atoms with van der Waals surface area (Å²) >= 11 is 0. The van der Waals surface area contributed by atoms with Crippen LogP contribution in [-0.4, -0.2) is 116 Å². The lowest BCUT2D eigenvalue weighted by atomic mass is 9.71. The Kier molecular flexibility index (Phi) is 18.1. The summed E-state index contributed by atoms with van der Waals surface area (Å²) in [6.45, 7) is 12.9. The number of rotatable bonds is 20. The van der Waals surface area contributed by atoms with E-state index in [1.807, 2.05) is 32.9 Å². The van der Waals surface area contributed by atoms with Crippen LogP contribution in [0.3, 0.4) is 0 Å². The van der Waals surface area contributed by atoms with Gasteiger partial charge < -0.3 is 55.2 Å². The summed E-state index contributed by atoms with van der Waals surface area (Å²) in [5.41, 5.74) is -1.84. The van der Waals surface area contributed by atoms with Crippen molar-refractivity contribution in [3.63, 3.8) is 0 Å². The van der Waals surface area contributed by atoms with E-state index >= 15 is 0 Å². The third kappa shape index (κ3) is 11.4. The first-order valence-corrected chi connectivity index (χ1v) is 20.1. The average Bonchev–Trinajstić information content (AvgIpc) is 3.45. The van der Waals surface area contributed by atoms with Crippen LogP contribution >= 0.6 is 0 Å². The molecule has 0 aromatic carbocycles. The molecule has 2 unspecified atom stereocenters. The summed E-state index contributed by atoms with van der Waals surface area (Å²) < 4.78 is 18.0. The smallest absolute Gasteiger partial charge is 0.262 e. The van der Waals surface area contributed by atoms with Gasteiger partial charge in [-0.25, -0.2) is 0 Å². The van der Waals surface area contributed by atoms with Crippen LogP contribution in [-0.2, 0) is 19.0 Å². The number of ether oxygens (including phenoxy) is 3. The van der Waals surface area contributed by atoms with E-state index in [1.54, 1.807) is 71.3 Å². The highest BCUT2D eigenvalue weighted by Gasteiger charge is 2.60. The van der Waals surface area contributed by atoms with Crippen LogP contribution in [0.15, 0.2) is 65.7 Å². The molecule has 3 heterocycles. The SMILES string of the molecule is CCC/C=C/[C@@H]1O[C@](O)([C@H](CC)C(=O)NC/C=C/CC(C)[C@@H](OC)[C@@H](C)[C@@H]2O[C@H](/C=C/C=C/CC(C)C(=O)c3c(O)cc[nH]c3=O)[C@H](O)[C@@H]2O)[C@H](O)[C@H](O)C1(C)C. The molecule has 14 nitrogen and oxygen atoms in total. The van der Waals surface area contributed by atoms with Crippen LogP contribution in [0, 0.1) is 29.1 Å². The van der Waals surface area contributed by atoms with Crippen LogP contribution in [0.5, 0.6) is 5.75 Å². The Bertz CT molecular complexity index is 1640. The van der Waals surface area contributed by atoms with Gasteiger partial charge in [-0.2, -0.15) is 0 Å². The molecule has 13 atom stereocenters. The number of carbonyl (C=O) groups excluding carboxylic acids is 2. The average molecular weight is 803 g/mol. The number of hydrogen-bond donors (Lipinski definition) is 8. The zero-order valence-corrected chi connectivity index (χ0v) is 34.6. The van der Waals surface area contributed by atoms with E-state index in [-0.39, 0.29) is 42.2 Å². The van der Waals surface area contributed by atoms with E-state index < -0.39 is 83.0 Å². The second-order valence-electron chi connectivity index (χ2n) is 16.1. The van der Waals surface area contributed by atoms with Crippen LogP contribution in [0.4, 0.5) is 0 Å². The number of aliphatic hydroxyl groups is 5. The Balaban J connectivity index is 1.53. The molecule has 57 heavy (non-hydrogen) atoms. The number of aliphatic hydroxyl groups excluding tert-OH is 4. The van der Waals surface area contributed by atoms with E-state index in [0.29, 0.717) is 12.8 Å². The molecule has 2 fully saturated rings. The molecule has 2 aliphatic rings. The number of nitrogens with one attached hydrogen (secondary N) is 2. The number of aromatic amines is 1. The summed E-state index contributed by atoms with van der Waals surface area (Å²) in [5.74, 6) is -5.79. The largest absolute Gasteiger partial charge is 0.507 e. The minimum Gasteiger partial charge on any atom is -0.507 e. The minimum absolute atomic E-state index is 0.0575. The van der Waals surface area contributed by atoms with Crippen molar-refractivity contribution in [2.24, 2.45) is 29.1 Å². The van der Waals surface area contributed by atoms with Crippen molar-refractivity contribution >= 4 is 11.7 Å². The number of aromatic hydroxyl groups is 1. The van der Waals surface area contributed by atoms with Crippen molar-refractivity contribution in [2.45, 2.75) is 135 Å². The number of amides is 1. The van der Waals surface area contributed by atoms with Crippen LogP contribution in [0.25, 0.3) is 0 Å². The molecule has 2 aliphatic heterocycles. The number of ketones is 1. The van der Waals surface area contributed by atoms with Crippen molar-refractivity contribution in [1.82, 2.24) is 10.3 Å². The normalized spacial score (nSPS) is 30.6. The summed E-state index contributed by atoms with van der Waals surface area (Å²) in [7, 11) is 1.57. The zero-order chi connectivity index (χ0) is 42.7. The number of H-pyrrole nitrogens is 1. The molecule has 320 valence electrons. The third-order valence-corrected chi connectivity index (χ3v) is 11.5. The van der Waals surface area contributed by atoms with E-state index in [2.05, 4.69) is 10.3 Å². The molecular formula is C43H66N2O12. The van der Waals surface area contributed by atoms with Gasteiger partial charge in [-0.3, -0.25) is 14.4 Å². The topological polar surface area (TPSA) is 228 Å². The molecule has 2 saturated heterocycles. The molecule has 1 amide bonds. The second-order valence-corrected chi connectivity index (χ2v) is 16.1. The molecule has 0 radical (unpaired) electrons. The minimum atomic E-state index is -2.31. The third-order valence-electron chi connectivity index (χ3n) is 11.5. The summed E-state index contributed by atoms with van der Waals surface area (Å²) in [6, 6.07) is 1.25. The van der Waals surface area contributed by atoms with Crippen LogP contribution < -0.4 is 10.9 Å².